The molecule has 1 aromatic carbocycles. The first kappa shape index (κ1) is 13.5. The molecule has 0 aliphatic carbocycles. The first-order chi connectivity index (χ1) is 10.0. The normalized spacial score (nSPS) is 10.8. The first-order valence-electron chi connectivity index (χ1n) is 6.44. The molecule has 0 atom stereocenters. The van der Waals surface area contributed by atoms with Crippen molar-refractivity contribution >= 4 is 16.5 Å². The van der Waals surface area contributed by atoms with E-state index in [-0.39, 0.29) is 5.43 Å². The van der Waals surface area contributed by atoms with E-state index < -0.39 is 0 Å². The van der Waals surface area contributed by atoms with Crippen LogP contribution in [0.2, 0.25) is 0 Å². The highest BCUT2D eigenvalue weighted by molar-refractivity contribution is 7.13. The van der Waals surface area contributed by atoms with Gasteiger partial charge >= 0.3 is 0 Å². The van der Waals surface area contributed by atoms with E-state index in [4.69, 9.17) is 5.73 Å². The third kappa shape index (κ3) is 2.57. The van der Waals surface area contributed by atoms with Gasteiger partial charge in [0.1, 0.15) is 5.69 Å². The van der Waals surface area contributed by atoms with Crippen molar-refractivity contribution in [1.82, 2.24) is 14.8 Å². The SMILES string of the molecule is Cc1cccc(-n2nc(-c3csc(N)n3)c(=O)cc2C)c1. The number of nitrogens with zero attached hydrogens (tertiary/aromatic N) is 3. The maximum Gasteiger partial charge on any atom is 0.210 e. The van der Waals surface area contributed by atoms with Crippen molar-refractivity contribution in [3.63, 3.8) is 0 Å². The number of nitrogens with two attached hydrogens (primary N) is 1. The molecule has 0 amide bonds. The van der Waals surface area contributed by atoms with Gasteiger partial charge in [-0.2, -0.15) is 5.10 Å². The fourth-order valence-corrected chi connectivity index (χ4v) is 2.69. The zero-order valence-corrected chi connectivity index (χ0v) is 12.5. The van der Waals surface area contributed by atoms with Crippen LogP contribution in [0.1, 0.15) is 11.3 Å². The van der Waals surface area contributed by atoms with Gasteiger partial charge < -0.3 is 5.73 Å². The molecule has 106 valence electrons. The molecule has 2 heterocycles. The molecular weight excluding hydrogens is 284 g/mol. The van der Waals surface area contributed by atoms with E-state index >= 15 is 0 Å². The van der Waals surface area contributed by atoms with Crippen LogP contribution in [-0.4, -0.2) is 14.8 Å². The van der Waals surface area contributed by atoms with E-state index in [1.807, 2.05) is 38.1 Å². The second-order valence-corrected chi connectivity index (χ2v) is 5.71. The van der Waals surface area contributed by atoms with Crippen LogP contribution in [0.3, 0.4) is 0 Å². The van der Waals surface area contributed by atoms with Gasteiger partial charge in [0.05, 0.1) is 5.69 Å². The summed E-state index contributed by atoms with van der Waals surface area (Å²) >= 11 is 1.29. The highest BCUT2D eigenvalue weighted by Crippen LogP contribution is 2.20. The van der Waals surface area contributed by atoms with Crippen LogP contribution in [0.25, 0.3) is 17.1 Å². The average molecular weight is 298 g/mol. The summed E-state index contributed by atoms with van der Waals surface area (Å²) in [5, 5.41) is 6.63. The molecule has 0 spiro atoms. The van der Waals surface area contributed by atoms with Crippen LogP contribution in [0.4, 0.5) is 5.13 Å². The predicted molar refractivity (Wildman–Crippen MR) is 84.8 cm³/mol. The van der Waals surface area contributed by atoms with Crippen LogP contribution in [0.5, 0.6) is 0 Å². The Morgan fingerprint density at radius 1 is 1.24 bits per heavy atom. The van der Waals surface area contributed by atoms with Gasteiger partial charge in [-0.15, -0.1) is 11.3 Å². The lowest BCUT2D eigenvalue weighted by Gasteiger charge is -2.11. The van der Waals surface area contributed by atoms with E-state index in [0.717, 1.165) is 16.9 Å². The summed E-state index contributed by atoms with van der Waals surface area (Å²) in [7, 11) is 0. The Hall–Kier alpha value is -2.47. The fraction of sp³-hybridized carbons (Fsp3) is 0.133. The van der Waals surface area contributed by atoms with Crippen molar-refractivity contribution in [2.24, 2.45) is 0 Å². The van der Waals surface area contributed by atoms with E-state index in [1.54, 1.807) is 16.1 Å². The Balaban J connectivity index is 2.21. The van der Waals surface area contributed by atoms with Gasteiger partial charge in [-0.1, -0.05) is 12.1 Å². The summed E-state index contributed by atoms with van der Waals surface area (Å²) < 4.78 is 1.75. The molecule has 3 aromatic rings. The van der Waals surface area contributed by atoms with Crippen LogP contribution in [-0.2, 0) is 0 Å². The molecule has 0 saturated carbocycles. The third-order valence-electron chi connectivity index (χ3n) is 3.12. The molecule has 5 nitrogen and oxygen atoms in total. The second kappa shape index (κ2) is 5.14. The predicted octanol–water partition coefficient (Wildman–Crippen LogP) is 2.56. The van der Waals surface area contributed by atoms with E-state index in [0.29, 0.717) is 16.5 Å². The maximum atomic E-state index is 12.1. The van der Waals surface area contributed by atoms with E-state index in [9.17, 15) is 4.79 Å². The lowest BCUT2D eigenvalue weighted by Crippen LogP contribution is -2.16. The molecule has 2 N–H and O–H groups in total. The van der Waals surface area contributed by atoms with Crippen LogP contribution < -0.4 is 11.2 Å². The molecule has 0 unspecified atom stereocenters. The summed E-state index contributed by atoms with van der Waals surface area (Å²) in [6.07, 6.45) is 0. The van der Waals surface area contributed by atoms with Crippen molar-refractivity contribution in [1.29, 1.82) is 0 Å². The highest BCUT2D eigenvalue weighted by atomic mass is 32.1. The zero-order valence-electron chi connectivity index (χ0n) is 11.7. The van der Waals surface area contributed by atoms with Gasteiger partial charge in [0.25, 0.3) is 0 Å². The number of thiazole rings is 1. The number of anilines is 1. The molecule has 2 aromatic heterocycles. The molecule has 6 heteroatoms. The van der Waals surface area contributed by atoms with Crippen LogP contribution in [0, 0.1) is 13.8 Å². The first-order valence-corrected chi connectivity index (χ1v) is 7.32. The van der Waals surface area contributed by atoms with E-state index in [1.165, 1.54) is 11.3 Å². The lowest BCUT2D eigenvalue weighted by molar-refractivity contribution is 0.803. The molecule has 0 saturated heterocycles. The fourth-order valence-electron chi connectivity index (χ4n) is 2.14. The standard InChI is InChI=1S/C15H14N4OS/c1-9-4-3-5-11(6-9)19-10(2)7-13(20)14(18-19)12-8-21-15(16)17-12/h3-8H,1-2H3,(H2,16,17). The van der Waals surface area contributed by atoms with Gasteiger partial charge in [-0.05, 0) is 31.5 Å². The summed E-state index contributed by atoms with van der Waals surface area (Å²) in [6.45, 7) is 3.87. The monoisotopic (exact) mass is 298 g/mol. The smallest absolute Gasteiger partial charge is 0.210 e. The van der Waals surface area contributed by atoms with Gasteiger partial charge in [-0.3, -0.25) is 4.79 Å². The summed E-state index contributed by atoms with van der Waals surface area (Å²) in [5.74, 6) is 0. The molecule has 0 radical (unpaired) electrons. The number of aromatic nitrogens is 3. The quantitative estimate of drug-likeness (QED) is 0.789. The maximum absolute atomic E-state index is 12.1. The minimum atomic E-state index is -0.151. The van der Waals surface area contributed by atoms with E-state index in [2.05, 4.69) is 10.1 Å². The molecule has 0 aliphatic rings. The third-order valence-corrected chi connectivity index (χ3v) is 3.79. The Morgan fingerprint density at radius 2 is 2.05 bits per heavy atom. The summed E-state index contributed by atoms with van der Waals surface area (Å²) in [4.78, 5) is 16.3. The van der Waals surface area contributed by atoms with Crippen molar-refractivity contribution in [2.75, 3.05) is 5.73 Å². The van der Waals surface area contributed by atoms with Crippen LogP contribution >= 0.6 is 11.3 Å². The number of benzene rings is 1. The number of rotatable bonds is 2. The topological polar surface area (TPSA) is 73.8 Å². The van der Waals surface area contributed by atoms with Gasteiger partial charge in [0, 0.05) is 17.1 Å². The Labute approximate surface area is 125 Å². The molecule has 0 fully saturated rings. The van der Waals surface area contributed by atoms with Crippen molar-refractivity contribution in [3.8, 4) is 17.1 Å². The number of hydrogen-bond acceptors (Lipinski definition) is 5. The highest BCUT2D eigenvalue weighted by Gasteiger charge is 2.12. The number of nitrogen functional groups attached to an aromatic ring is 1. The van der Waals surface area contributed by atoms with Crippen molar-refractivity contribution in [2.45, 2.75) is 13.8 Å². The minimum Gasteiger partial charge on any atom is -0.375 e. The molecule has 21 heavy (non-hydrogen) atoms. The van der Waals surface area contributed by atoms with Gasteiger partial charge in [0.2, 0.25) is 5.43 Å². The number of aryl methyl sites for hydroxylation is 2. The largest absolute Gasteiger partial charge is 0.375 e. The molecular formula is C15H14N4OS. The molecule has 0 bridgehead atoms. The number of hydrogen-bond donors (Lipinski definition) is 1. The zero-order chi connectivity index (χ0) is 15.0. The second-order valence-electron chi connectivity index (χ2n) is 4.82. The summed E-state index contributed by atoms with van der Waals surface area (Å²) in [5.41, 5.74) is 9.14. The Kier molecular flexibility index (Phi) is 3.31. The van der Waals surface area contributed by atoms with Gasteiger partial charge in [0.15, 0.2) is 10.8 Å². The Bertz CT molecular complexity index is 866. The van der Waals surface area contributed by atoms with Gasteiger partial charge in [-0.25, -0.2) is 9.67 Å². The molecule has 3 rings (SSSR count). The van der Waals surface area contributed by atoms with Crippen molar-refractivity contribution < 1.29 is 0 Å². The average Bonchev–Trinajstić information content (AvgIpc) is 2.85. The lowest BCUT2D eigenvalue weighted by atomic mass is 10.2. The summed E-state index contributed by atoms with van der Waals surface area (Å²) in [6, 6.07) is 9.52. The molecule has 0 aliphatic heterocycles. The minimum absolute atomic E-state index is 0.151. The van der Waals surface area contributed by atoms with Crippen LogP contribution in [0.15, 0.2) is 40.5 Å². The van der Waals surface area contributed by atoms with Crippen molar-refractivity contribution in [3.05, 3.63) is 57.2 Å². The Morgan fingerprint density at radius 3 is 2.71 bits per heavy atom.